The van der Waals surface area contributed by atoms with Crippen LogP contribution >= 0.6 is 0 Å². The molecule has 0 unspecified atom stereocenters. The quantitative estimate of drug-likeness (QED) is 0.841. The van der Waals surface area contributed by atoms with E-state index < -0.39 is 0 Å². The van der Waals surface area contributed by atoms with Crippen LogP contribution < -0.4 is 5.32 Å². The average Bonchev–Trinajstić information content (AvgIpc) is 2.39. The minimum Gasteiger partial charge on any atom is -0.468 e. The summed E-state index contributed by atoms with van der Waals surface area (Å²) >= 11 is 0. The lowest BCUT2D eigenvalue weighted by Crippen LogP contribution is -2.48. The minimum atomic E-state index is -0.239. The predicted molar refractivity (Wildman–Crippen MR) is 75.7 cm³/mol. The van der Waals surface area contributed by atoms with Crippen LogP contribution in [0.15, 0.2) is 30.8 Å². The molecule has 1 saturated heterocycles. The van der Waals surface area contributed by atoms with Crippen molar-refractivity contribution in [2.45, 2.75) is 38.3 Å². The first-order chi connectivity index (χ1) is 9.11. The Kier molecular flexibility index (Phi) is 2.97. The SMILES string of the molecule is C=C1Nc2ncccc2C2(CCN(C(C)C)CC2)O1. The summed E-state index contributed by atoms with van der Waals surface area (Å²) in [6, 6.07) is 4.69. The molecule has 4 heteroatoms. The zero-order valence-corrected chi connectivity index (χ0v) is 11.6. The standard InChI is InChI=1S/C15H21N3O/c1-11(2)18-9-6-15(7-10-18)13-5-4-8-16-14(13)17-12(3)19-15/h4-5,8,11H,3,6-7,9-10H2,1-2H3,(H,16,17). The third kappa shape index (κ3) is 2.10. The van der Waals surface area contributed by atoms with Gasteiger partial charge in [-0.3, -0.25) is 0 Å². The zero-order valence-electron chi connectivity index (χ0n) is 11.6. The van der Waals surface area contributed by atoms with E-state index >= 15 is 0 Å². The molecule has 0 bridgehead atoms. The summed E-state index contributed by atoms with van der Waals surface area (Å²) in [5.74, 6) is 1.51. The minimum absolute atomic E-state index is 0.239. The van der Waals surface area contributed by atoms with Gasteiger partial charge < -0.3 is 15.0 Å². The Balaban J connectivity index is 1.91. The van der Waals surface area contributed by atoms with Crippen molar-refractivity contribution in [1.82, 2.24) is 9.88 Å². The molecule has 3 rings (SSSR count). The van der Waals surface area contributed by atoms with Gasteiger partial charge in [0.25, 0.3) is 0 Å². The van der Waals surface area contributed by atoms with Crippen LogP contribution in [0.5, 0.6) is 0 Å². The van der Waals surface area contributed by atoms with Crippen molar-refractivity contribution in [3.63, 3.8) is 0 Å². The van der Waals surface area contributed by atoms with E-state index in [9.17, 15) is 0 Å². The highest BCUT2D eigenvalue weighted by molar-refractivity contribution is 5.53. The Hall–Kier alpha value is -1.55. The van der Waals surface area contributed by atoms with Crippen molar-refractivity contribution >= 4 is 5.82 Å². The maximum Gasteiger partial charge on any atom is 0.185 e. The monoisotopic (exact) mass is 259 g/mol. The summed E-state index contributed by atoms with van der Waals surface area (Å²) in [4.78, 5) is 6.90. The third-order valence-electron chi connectivity index (χ3n) is 4.21. The predicted octanol–water partition coefficient (Wildman–Crippen LogP) is 2.69. The Labute approximate surface area is 114 Å². The van der Waals surface area contributed by atoms with Crippen LogP contribution in [0, 0.1) is 0 Å². The largest absolute Gasteiger partial charge is 0.468 e. The molecular formula is C15H21N3O. The number of nitrogens with zero attached hydrogens (tertiary/aromatic N) is 2. The molecule has 1 spiro atoms. The molecule has 1 aromatic heterocycles. The Morgan fingerprint density at radius 1 is 1.42 bits per heavy atom. The summed E-state index contributed by atoms with van der Waals surface area (Å²) in [5, 5.41) is 3.12. The Bertz CT molecular complexity index is 490. The lowest BCUT2D eigenvalue weighted by molar-refractivity contribution is -0.0599. The second kappa shape index (κ2) is 4.53. The number of ether oxygens (including phenoxy) is 1. The second-order valence-electron chi connectivity index (χ2n) is 5.67. The summed E-state index contributed by atoms with van der Waals surface area (Å²) < 4.78 is 6.10. The molecule has 3 heterocycles. The van der Waals surface area contributed by atoms with Crippen LogP contribution in [0.25, 0.3) is 0 Å². The molecule has 0 radical (unpaired) electrons. The normalized spacial score (nSPS) is 21.9. The van der Waals surface area contributed by atoms with Gasteiger partial charge in [-0.2, -0.15) is 0 Å². The molecule has 2 aliphatic rings. The van der Waals surface area contributed by atoms with Crippen LogP contribution in [0.1, 0.15) is 32.3 Å². The highest BCUT2D eigenvalue weighted by Crippen LogP contribution is 2.44. The van der Waals surface area contributed by atoms with Crippen LogP contribution in [0.3, 0.4) is 0 Å². The smallest absolute Gasteiger partial charge is 0.185 e. The zero-order chi connectivity index (χ0) is 13.5. The summed E-state index contributed by atoms with van der Waals surface area (Å²) in [7, 11) is 0. The van der Waals surface area contributed by atoms with E-state index in [2.05, 4.69) is 41.7 Å². The van der Waals surface area contributed by atoms with Gasteiger partial charge in [0, 0.05) is 43.7 Å². The lowest BCUT2D eigenvalue weighted by Gasteiger charge is -2.46. The number of piperidine rings is 1. The molecule has 1 fully saturated rings. The number of aromatic nitrogens is 1. The fourth-order valence-electron chi connectivity index (χ4n) is 3.09. The molecular weight excluding hydrogens is 238 g/mol. The second-order valence-corrected chi connectivity index (χ2v) is 5.67. The van der Waals surface area contributed by atoms with Crippen LogP contribution in [-0.2, 0) is 10.3 Å². The van der Waals surface area contributed by atoms with Crippen molar-refractivity contribution < 1.29 is 4.74 Å². The van der Waals surface area contributed by atoms with Crippen LogP contribution in [-0.4, -0.2) is 29.0 Å². The highest BCUT2D eigenvalue weighted by atomic mass is 16.5. The van der Waals surface area contributed by atoms with Crippen molar-refractivity contribution in [2.24, 2.45) is 0 Å². The molecule has 0 aromatic carbocycles. The van der Waals surface area contributed by atoms with Gasteiger partial charge in [0.2, 0.25) is 0 Å². The number of fused-ring (bicyclic) bond motifs is 2. The van der Waals surface area contributed by atoms with Crippen molar-refractivity contribution in [3.05, 3.63) is 36.4 Å². The average molecular weight is 259 g/mol. The topological polar surface area (TPSA) is 37.4 Å². The summed E-state index contributed by atoms with van der Waals surface area (Å²) in [6.07, 6.45) is 3.79. The summed E-state index contributed by atoms with van der Waals surface area (Å²) in [6.45, 7) is 10.5. The molecule has 4 nitrogen and oxygen atoms in total. The van der Waals surface area contributed by atoms with Gasteiger partial charge in [0.15, 0.2) is 5.88 Å². The molecule has 2 aliphatic heterocycles. The number of anilines is 1. The molecule has 0 amide bonds. The lowest BCUT2D eigenvalue weighted by atomic mass is 9.83. The fraction of sp³-hybridized carbons (Fsp3) is 0.533. The van der Waals surface area contributed by atoms with E-state index in [1.165, 1.54) is 5.56 Å². The first-order valence-electron chi connectivity index (χ1n) is 6.95. The highest BCUT2D eigenvalue weighted by Gasteiger charge is 2.43. The molecule has 0 aliphatic carbocycles. The van der Waals surface area contributed by atoms with Gasteiger partial charge in [-0.25, -0.2) is 4.98 Å². The van der Waals surface area contributed by atoms with E-state index in [0.717, 1.165) is 31.7 Å². The molecule has 0 atom stereocenters. The molecule has 1 N–H and O–H groups in total. The van der Waals surface area contributed by atoms with Crippen LogP contribution in [0.4, 0.5) is 5.82 Å². The van der Waals surface area contributed by atoms with Gasteiger partial charge >= 0.3 is 0 Å². The van der Waals surface area contributed by atoms with E-state index in [-0.39, 0.29) is 5.60 Å². The van der Waals surface area contributed by atoms with Gasteiger partial charge in [0.05, 0.1) is 0 Å². The van der Waals surface area contributed by atoms with Gasteiger partial charge in [0.1, 0.15) is 11.4 Å². The van der Waals surface area contributed by atoms with Gasteiger partial charge in [-0.05, 0) is 32.6 Å². The number of pyridine rings is 1. The van der Waals surface area contributed by atoms with Gasteiger partial charge in [-0.15, -0.1) is 0 Å². The Morgan fingerprint density at radius 2 is 2.16 bits per heavy atom. The maximum absolute atomic E-state index is 6.10. The summed E-state index contributed by atoms with van der Waals surface area (Å²) in [5.41, 5.74) is 0.933. The fourth-order valence-corrected chi connectivity index (χ4v) is 3.09. The van der Waals surface area contributed by atoms with E-state index in [1.807, 2.05) is 6.07 Å². The van der Waals surface area contributed by atoms with Crippen molar-refractivity contribution in [3.8, 4) is 0 Å². The number of likely N-dealkylation sites (tertiary alicyclic amines) is 1. The number of hydrogen-bond acceptors (Lipinski definition) is 4. The molecule has 0 saturated carbocycles. The maximum atomic E-state index is 6.10. The molecule has 102 valence electrons. The third-order valence-corrected chi connectivity index (χ3v) is 4.21. The van der Waals surface area contributed by atoms with Gasteiger partial charge in [-0.1, -0.05) is 0 Å². The van der Waals surface area contributed by atoms with E-state index in [0.29, 0.717) is 11.9 Å². The van der Waals surface area contributed by atoms with Crippen molar-refractivity contribution in [1.29, 1.82) is 0 Å². The first-order valence-corrected chi connectivity index (χ1v) is 6.95. The number of nitrogens with one attached hydrogen (secondary N) is 1. The Morgan fingerprint density at radius 3 is 2.84 bits per heavy atom. The number of hydrogen-bond donors (Lipinski definition) is 1. The number of rotatable bonds is 1. The molecule has 1 aromatic rings. The first kappa shape index (κ1) is 12.5. The molecule has 19 heavy (non-hydrogen) atoms. The van der Waals surface area contributed by atoms with E-state index in [4.69, 9.17) is 4.74 Å². The van der Waals surface area contributed by atoms with Crippen molar-refractivity contribution in [2.75, 3.05) is 18.4 Å². The van der Waals surface area contributed by atoms with E-state index in [1.54, 1.807) is 6.20 Å². The van der Waals surface area contributed by atoms with Crippen LogP contribution in [0.2, 0.25) is 0 Å².